The number of rotatable bonds is 5. The average molecular weight is 419 g/mol. The smallest absolute Gasteiger partial charge is 0.319 e. The molecule has 1 aromatic heterocycles. The summed E-state index contributed by atoms with van der Waals surface area (Å²) < 4.78 is 1.00. The van der Waals surface area contributed by atoms with E-state index in [1.165, 1.54) is 0 Å². The Kier molecular flexibility index (Phi) is 6.40. The molecular formula is C18H23BrN6O. The number of nitrogens with one attached hydrogen (secondary N) is 2. The first-order valence-electron chi connectivity index (χ1n) is 8.67. The van der Waals surface area contributed by atoms with Crippen molar-refractivity contribution in [3.63, 3.8) is 0 Å². The molecule has 1 aliphatic rings. The summed E-state index contributed by atoms with van der Waals surface area (Å²) in [6.45, 7) is 7.08. The number of hydrogen-bond donors (Lipinski definition) is 2. The lowest BCUT2D eigenvalue weighted by atomic mass is 10.2. The van der Waals surface area contributed by atoms with E-state index in [2.05, 4.69) is 46.3 Å². The number of anilines is 2. The fourth-order valence-electron chi connectivity index (χ4n) is 2.89. The van der Waals surface area contributed by atoms with Gasteiger partial charge >= 0.3 is 6.03 Å². The minimum Gasteiger partial charge on any atom is -0.338 e. The van der Waals surface area contributed by atoms with Gasteiger partial charge in [-0.25, -0.2) is 14.8 Å². The van der Waals surface area contributed by atoms with Gasteiger partial charge in [-0.2, -0.15) is 0 Å². The number of aryl methyl sites for hydroxylation is 1. The van der Waals surface area contributed by atoms with E-state index in [0.29, 0.717) is 6.54 Å². The summed E-state index contributed by atoms with van der Waals surface area (Å²) in [7, 11) is 0. The topological polar surface area (TPSA) is 73.4 Å². The fourth-order valence-corrected chi connectivity index (χ4v) is 3.36. The zero-order chi connectivity index (χ0) is 18.4. The van der Waals surface area contributed by atoms with Crippen molar-refractivity contribution in [2.45, 2.75) is 6.92 Å². The lowest BCUT2D eigenvalue weighted by Gasteiger charge is -2.34. The van der Waals surface area contributed by atoms with E-state index in [1.54, 1.807) is 12.4 Å². The van der Waals surface area contributed by atoms with E-state index in [-0.39, 0.29) is 6.03 Å². The minimum absolute atomic E-state index is 0.174. The maximum Gasteiger partial charge on any atom is 0.319 e. The number of nitrogens with zero attached hydrogens (tertiary/aromatic N) is 4. The quantitative estimate of drug-likeness (QED) is 0.779. The van der Waals surface area contributed by atoms with Crippen LogP contribution in [0.1, 0.15) is 5.56 Å². The molecule has 7 nitrogen and oxygen atoms in total. The molecule has 2 heterocycles. The lowest BCUT2D eigenvalue weighted by Crippen LogP contribution is -2.49. The van der Waals surface area contributed by atoms with Crippen molar-refractivity contribution in [3.8, 4) is 0 Å². The molecule has 0 bridgehead atoms. The first kappa shape index (κ1) is 18.6. The van der Waals surface area contributed by atoms with Crippen LogP contribution in [0, 0.1) is 6.92 Å². The predicted octanol–water partition coefficient (Wildman–Crippen LogP) is 2.49. The lowest BCUT2D eigenvalue weighted by molar-refractivity contribution is 0.240. The summed E-state index contributed by atoms with van der Waals surface area (Å²) in [5.41, 5.74) is 1.84. The molecule has 0 unspecified atom stereocenters. The van der Waals surface area contributed by atoms with Crippen molar-refractivity contribution in [3.05, 3.63) is 46.7 Å². The zero-order valence-electron chi connectivity index (χ0n) is 14.8. The summed E-state index contributed by atoms with van der Waals surface area (Å²) in [4.78, 5) is 25.2. The Morgan fingerprint density at radius 2 is 1.92 bits per heavy atom. The highest BCUT2D eigenvalue weighted by Crippen LogP contribution is 2.19. The number of benzene rings is 1. The van der Waals surface area contributed by atoms with Gasteiger partial charge in [-0.15, -0.1) is 0 Å². The largest absolute Gasteiger partial charge is 0.338 e. The van der Waals surface area contributed by atoms with Crippen molar-refractivity contribution in [1.82, 2.24) is 20.2 Å². The van der Waals surface area contributed by atoms with Gasteiger partial charge in [0.05, 0.1) is 0 Å². The zero-order valence-corrected chi connectivity index (χ0v) is 16.4. The van der Waals surface area contributed by atoms with Gasteiger partial charge < -0.3 is 15.5 Å². The SMILES string of the molecule is Cc1cc(Br)ccc1NC(=O)NCCN1CCN(c2ncccn2)CC1. The monoisotopic (exact) mass is 418 g/mol. The Morgan fingerprint density at radius 3 is 2.62 bits per heavy atom. The Balaban J connectivity index is 1.37. The molecule has 0 atom stereocenters. The van der Waals surface area contributed by atoms with Crippen LogP contribution in [-0.2, 0) is 0 Å². The number of carbonyl (C=O) groups excluding carboxylic acids is 1. The van der Waals surface area contributed by atoms with E-state index < -0.39 is 0 Å². The van der Waals surface area contributed by atoms with Crippen LogP contribution in [0.4, 0.5) is 16.4 Å². The molecular weight excluding hydrogens is 396 g/mol. The highest BCUT2D eigenvalue weighted by molar-refractivity contribution is 9.10. The predicted molar refractivity (Wildman–Crippen MR) is 107 cm³/mol. The molecule has 2 aromatic rings. The van der Waals surface area contributed by atoms with E-state index >= 15 is 0 Å². The summed E-state index contributed by atoms with van der Waals surface area (Å²) in [6.07, 6.45) is 3.54. The number of urea groups is 1. The minimum atomic E-state index is -0.174. The van der Waals surface area contributed by atoms with Gasteiger partial charge in [0.1, 0.15) is 0 Å². The molecule has 2 N–H and O–H groups in total. The molecule has 0 radical (unpaired) electrons. The van der Waals surface area contributed by atoms with Crippen molar-refractivity contribution in [2.24, 2.45) is 0 Å². The molecule has 1 aliphatic heterocycles. The van der Waals surface area contributed by atoms with Crippen LogP contribution in [0.5, 0.6) is 0 Å². The molecule has 1 fully saturated rings. The highest BCUT2D eigenvalue weighted by Gasteiger charge is 2.18. The number of amides is 2. The maximum absolute atomic E-state index is 12.1. The van der Waals surface area contributed by atoms with E-state index in [1.807, 2.05) is 31.2 Å². The number of aromatic nitrogens is 2. The number of piperazine rings is 1. The van der Waals surface area contributed by atoms with Gasteiger partial charge in [0, 0.05) is 61.8 Å². The van der Waals surface area contributed by atoms with Gasteiger partial charge in [-0.1, -0.05) is 15.9 Å². The van der Waals surface area contributed by atoms with E-state index in [9.17, 15) is 4.79 Å². The molecule has 1 aromatic carbocycles. The van der Waals surface area contributed by atoms with Crippen LogP contribution in [0.25, 0.3) is 0 Å². The van der Waals surface area contributed by atoms with Crippen molar-refractivity contribution in [1.29, 1.82) is 0 Å². The van der Waals surface area contributed by atoms with Crippen LogP contribution in [0.2, 0.25) is 0 Å². The molecule has 0 spiro atoms. The summed E-state index contributed by atoms with van der Waals surface area (Å²) in [5.74, 6) is 0.787. The number of halogens is 1. The van der Waals surface area contributed by atoms with Gasteiger partial charge in [0.2, 0.25) is 5.95 Å². The summed E-state index contributed by atoms with van der Waals surface area (Å²) in [5, 5.41) is 5.81. The Labute approximate surface area is 161 Å². The number of carbonyl (C=O) groups is 1. The fraction of sp³-hybridized carbons (Fsp3) is 0.389. The Bertz CT molecular complexity index is 734. The van der Waals surface area contributed by atoms with E-state index in [0.717, 1.165) is 54.4 Å². The summed E-state index contributed by atoms with van der Waals surface area (Å²) in [6, 6.07) is 7.44. The van der Waals surface area contributed by atoms with Crippen molar-refractivity contribution >= 4 is 33.6 Å². The van der Waals surface area contributed by atoms with Gasteiger partial charge in [-0.05, 0) is 36.8 Å². The third-order valence-corrected chi connectivity index (χ3v) is 4.85. The third-order valence-electron chi connectivity index (χ3n) is 4.36. The van der Waals surface area contributed by atoms with Crippen LogP contribution >= 0.6 is 15.9 Å². The third kappa shape index (κ3) is 5.15. The van der Waals surface area contributed by atoms with Gasteiger partial charge in [0.25, 0.3) is 0 Å². The molecule has 8 heteroatoms. The molecule has 0 aliphatic carbocycles. The molecule has 2 amide bonds. The second kappa shape index (κ2) is 8.95. The molecule has 3 rings (SSSR count). The molecule has 26 heavy (non-hydrogen) atoms. The van der Waals surface area contributed by atoms with Crippen LogP contribution < -0.4 is 15.5 Å². The maximum atomic E-state index is 12.1. The van der Waals surface area contributed by atoms with E-state index in [4.69, 9.17) is 0 Å². The molecule has 0 saturated carbocycles. The van der Waals surface area contributed by atoms with Crippen LogP contribution in [0.15, 0.2) is 41.1 Å². The summed E-state index contributed by atoms with van der Waals surface area (Å²) >= 11 is 3.42. The molecule has 138 valence electrons. The van der Waals surface area contributed by atoms with Gasteiger partial charge in [0.15, 0.2) is 0 Å². The van der Waals surface area contributed by atoms with Crippen LogP contribution in [-0.4, -0.2) is 60.2 Å². The highest BCUT2D eigenvalue weighted by atomic mass is 79.9. The first-order valence-corrected chi connectivity index (χ1v) is 9.46. The first-order chi connectivity index (χ1) is 12.6. The normalized spacial score (nSPS) is 14.9. The molecule has 1 saturated heterocycles. The van der Waals surface area contributed by atoms with Gasteiger partial charge in [-0.3, -0.25) is 4.90 Å². The van der Waals surface area contributed by atoms with Crippen LogP contribution in [0.3, 0.4) is 0 Å². The number of hydrogen-bond acceptors (Lipinski definition) is 5. The van der Waals surface area contributed by atoms with Crippen molar-refractivity contribution < 1.29 is 4.79 Å². The second-order valence-electron chi connectivity index (χ2n) is 6.22. The second-order valence-corrected chi connectivity index (χ2v) is 7.13. The van der Waals surface area contributed by atoms with Crippen molar-refractivity contribution in [2.75, 3.05) is 49.5 Å². The average Bonchev–Trinajstić information content (AvgIpc) is 2.65. The Morgan fingerprint density at radius 1 is 1.19 bits per heavy atom. The standard InChI is InChI=1S/C18H23BrN6O/c1-14-13-15(19)3-4-16(14)23-18(26)22-7-8-24-9-11-25(12-10-24)17-20-5-2-6-21-17/h2-6,13H,7-12H2,1H3,(H2,22,23,26). The Hall–Kier alpha value is -2.19.